The van der Waals surface area contributed by atoms with E-state index in [4.69, 9.17) is 0 Å². The van der Waals surface area contributed by atoms with Gasteiger partial charge < -0.3 is 10.6 Å². The van der Waals surface area contributed by atoms with Gasteiger partial charge in [0.25, 0.3) is 5.91 Å². The zero-order valence-electron chi connectivity index (χ0n) is 12.9. The van der Waals surface area contributed by atoms with Gasteiger partial charge in [-0.3, -0.25) is 9.89 Å². The molecular weight excluding hydrogens is 380 g/mol. The van der Waals surface area contributed by atoms with Crippen LogP contribution < -0.4 is 10.6 Å². The van der Waals surface area contributed by atoms with Crippen molar-refractivity contribution in [3.8, 4) is 0 Å². The van der Waals surface area contributed by atoms with Gasteiger partial charge in [0.05, 0.1) is 0 Å². The van der Waals surface area contributed by atoms with Crippen molar-refractivity contribution in [2.75, 3.05) is 6.54 Å². The smallest absolute Gasteiger partial charge is 0.272 e. The van der Waals surface area contributed by atoms with E-state index in [-0.39, 0.29) is 24.4 Å². The van der Waals surface area contributed by atoms with Gasteiger partial charge in [0.1, 0.15) is 0 Å². The molecule has 0 saturated carbocycles. The number of nitrogens with one attached hydrogen (secondary N) is 3. The van der Waals surface area contributed by atoms with Gasteiger partial charge in [-0.1, -0.05) is 28.1 Å². The van der Waals surface area contributed by atoms with Crippen molar-refractivity contribution in [1.29, 1.82) is 0 Å². The fourth-order valence-electron chi connectivity index (χ4n) is 2.77. The van der Waals surface area contributed by atoms with Crippen LogP contribution in [-0.2, 0) is 19.4 Å². The average Bonchev–Trinajstić information content (AvgIpc) is 2.91. The molecule has 5 nitrogen and oxygen atoms in total. The van der Waals surface area contributed by atoms with E-state index in [1.54, 1.807) is 0 Å². The highest BCUT2D eigenvalue weighted by Gasteiger charge is 2.22. The molecule has 0 spiro atoms. The normalized spacial score (nSPS) is 14.5. The minimum atomic E-state index is -0.108. The molecule has 0 radical (unpaired) electrons. The molecule has 0 bridgehead atoms. The van der Waals surface area contributed by atoms with E-state index in [9.17, 15) is 4.79 Å². The number of aromatic nitrogens is 2. The molecule has 7 heteroatoms. The third kappa shape index (κ3) is 4.34. The first-order valence-corrected chi connectivity index (χ1v) is 8.25. The van der Waals surface area contributed by atoms with Gasteiger partial charge in [-0.25, -0.2) is 0 Å². The van der Waals surface area contributed by atoms with Crippen molar-refractivity contribution in [3.63, 3.8) is 0 Å². The van der Waals surface area contributed by atoms with E-state index < -0.39 is 0 Å². The van der Waals surface area contributed by atoms with E-state index in [2.05, 4.69) is 48.9 Å². The fourth-order valence-corrected chi connectivity index (χ4v) is 3.22. The van der Waals surface area contributed by atoms with Crippen molar-refractivity contribution in [3.05, 3.63) is 51.3 Å². The summed E-state index contributed by atoms with van der Waals surface area (Å²) < 4.78 is 1.05. The summed E-state index contributed by atoms with van der Waals surface area (Å²) in [5.74, 6) is -0.108. The Hall–Kier alpha value is -1.37. The van der Waals surface area contributed by atoms with Crippen LogP contribution in [0.2, 0.25) is 0 Å². The maximum absolute atomic E-state index is 12.4. The third-order valence-corrected chi connectivity index (χ3v) is 4.32. The first kappa shape index (κ1) is 18.0. The number of hydrogen-bond donors (Lipinski definition) is 3. The van der Waals surface area contributed by atoms with Crippen LogP contribution >= 0.6 is 28.3 Å². The van der Waals surface area contributed by atoms with Crippen LogP contribution in [0.1, 0.15) is 34.2 Å². The predicted molar refractivity (Wildman–Crippen MR) is 96.0 cm³/mol. The van der Waals surface area contributed by atoms with Crippen LogP contribution in [0.15, 0.2) is 28.7 Å². The zero-order chi connectivity index (χ0) is 15.5. The molecule has 0 fully saturated rings. The second kappa shape index (κ2) is 7.95. The minimum Gasteiger partial charge on any atom is -0.348 e. The molecule has 23 heavy (non-hydrogen) atoms. The Morgan fingerprint density at radius 2 is 2.30 bits per heavy atom. The van der Waals surface area contributed by atoms with Crippen LogP contribution in [0, 0.1) is 0 Å². The summed E-state index contributed by atoms with van der Waals surface area (Å²) in [5.41, 5.74) is 3.78. The number of rotatable bonds is 4. The number of fused-ring (bicyclic) bond motifs is 1. The Balaban J connectivity index is 0.00000192. The number of nitrogens with zero attached hydrogens (tertiary/aromatic N) is 1. The van der Waals surface area contributed by atoms with Crippen molar-refractivity contribution in [2.24, 2.45) is 0 Å². The SMILES string of the molecule is CC(Cc1cccc(Br)c1)NC(=O)c1n[nH]c2c1CNCC2.Cl. The number of aromatic amines is 1. The van der Waals surface area contributed by atoms with Crippen LogP contribution in [0.3, 0.4) is 0 Å². The van der Waals surface area contributed by atoms with Gasteiger partial charge in [-0.2, -0.15) is 5.10 Å². The molecule has 3 rings (SSSR count). The van der Waals surface area contributed by atoms with Gasteiger partial charge >= 0.3 is 0 Å². The third-order valence-electron chi connectivity index (χ3n) is 3.83. The molecule has 1 aromatic heterocycles. The number of amides is 1. The maximum atomic E-state index is 12.4. The van der Waals surface area contributed by atoms with Crippen molar-refractivity contribution >= 4 is 34.2 Å². The molecule has 0 aliphatic carbocycles. The van der Waals surface area contributed by atoms with Crippen LogP contribution in [0.5, 0.6) is 0 Å². The summed E-state index contributed by atoms with van der Waals surface area (Å²) in [7, 11) is 0. The summed E-state index contributed by atoms with van der Waals surface area (Å²) in [4.78, 5) is 12.4. The lowest BCUT2D eigenvalue weighted by molar-refractivity contribution is 0.0934. The highest BCUT2D eigenvalue weighted by Crippen LogP contribution is 2.16. The highest BCUT2D eigenvalue weighted by molar-refractivity contribution is 9.10. The molecule has 3 N–H and O–H groups in total. The Morgan fingerprint density at radius 1 is 1.48 bits per heavy atom. The van der Waals surface area contributed by atoms with Gasteiger partial charge in [-0.15, -0.1) is 12.4 Å². The van der Waals surface area contributed by atoms with Crippen molar-refractivity contribution < 1.29 is 4.79 Å². The Labute approximate surface area is 150 Å². The molecule has 2 heterocycles. The van der Waals surface area contributed by atoms with E-state index in [0.29, 0.717) is 12.2 Å². The number of carbonyl (C=O) groups excluding carboxylic acids is 1. The minimum absolute atomic E-state index is 0. The lowest BCUT2D eigenvalue weighted by Crippen LogP contribution is -2.35. The van der Waals surface area contributed by atoms with Gasteiger partial charge in [0.2, 0.25) is 0 Å². The summed E-state index contributed by atoms with van der Waals surface area (Å²) in [5, 5.41) is 13.5. The van der Waals surface area contributed by atoms with Gasteiger partial charge in [0, 0.05) is 41.3 Å². The fraction of sp³-hybridized carbons (Fsp3) is 0.375. The maximum Gasteiger partial charge on any atom is 0.272 e. The number of hydrogen-bond acceptors (Lipinski definition) is 3. The Morgan fingerprint density at radius 3 is 3.09 bits per heavy atom. The van der Waals surface area contributed by atoms with E-state index in [1.165, 1.54) is 5.56 Å². The number of H-pyrrole nitrogens is 1. The summed E-state index contributed by atoms with van der Waals surface area (Å²) in [6.07, 6.45) is 1.68. The molecular formula is C16H20BrClN4O. The zero-order valence-corrected chi connectivity index (χ0v) is 15.3. The molecule has 2 aromatic rings. The first-order valence-electron chi connectivity index (χ1n) is 7.45. The van der Waals surface area contributed by atoms with Crippen LogP contribution in [0.4, 0.5) is 0 Å². The number of halogens is 2. The van der Waals surface area contributed by atoms with E-state index in [0.717, 1.165) is 35.1 Å². The summed E-state index contributed by atoms with van der Waals surface area (Å²) in [6.45, 7) is 3.64. The molecule has 1 aliphatic heterocycles. The molecule has 124 valence electrons. The van der Waals surface area contributed by atoms with Crippen molar-refractivity contribution in [1.82, 2.24) is 20.8 Å². The second-order valence-electron chi connectivity index (χ2n) is 5.66. The molecule has 0 saturated heterocycles. The number of benzene rings is 1. The second-order valence-corrected chi connectivity index (χ2v) is 6.58. The molecule has 1 unspecified atom stereocenters. The Bertz CT molecular complexity index is 688. The van der Waals surface area contributed by atoms with Crippen LogP contribution in [0.25, 0.3) is 0 Å². The van der Waals surface area contributed by atoms with Gasteiger partial charge in [-0.05, 0) is 31.0 Å². The van der Waals surface area contributed by atoms with E-state index in [1.807, 2.05) is 19.1 Å². The predicted octanol–water partition coefficient (Wildman–Crippen LogP) is 2.60. The largest absolute Gasteiger partial charge is 0.348 e. The molecule has 1 amide bonds. The monoisotopic (exact) mass is 398 g/mol. The highest BCUT2D eigenvalue weighted by atomic mass is 79.9. The topological polar surface area (TPSA) is 69.8 Å². The summed E-state index contributed by atoms with van der Waals surface area (Å²) in [6, 6.07) is 8.18. The molecule has 1 atom stereocenters. The lowest BCUT2D eigenvalue weighted by atomic mass is 10.1. The standard InChI is InChI=1S/C16H19BrN4O.ClH/c1-10(7-11-3-2-4-12(17)8-11)19-16(22)15-13-9-18-6-5-14(13)20-21-15;/h2-4,8,10,18H,5-7,9H2,1H3,(H,19,22)(H,20,21);1H. The van der Waals surface area contributed by atoms with Crippen molar-refractivity contribution in [2.45, 2.75) is 32.4 Å². The quantitative estimate of drug-likeness (QED) is 0.740. The molecule has 1 aliphatic rings. The average molecular weight is 400 g/mol. The first-order chi connectivity index (χ1) is 10.6. The molecule has 1 aromatic carbocycles. The van der Waals surface area contributed by atoms with Gasteiger partial charge in [0.15, 0.2) is 5.69 Å². The lowest BCUT2D eigenvalue weighted by Gasteiger charge is -2.16. The van der Waals surface area contributed by atoms with Crippen LogP contribution in [-0.4, -0.2) is 28.7 Å². The summed E-state index contributed by atoms with van der Waals surface area (Å²) >= 11 is 3.47. The Kier molecular flexibility index (Phi) is 6.21. The number of carbonyl (C=O) groups is 1. The van der Waals surface area contributed by atoms with E-state index >= 15 is 0 Å².